The molecule has 1 saturated heterocycles. The number of phenols is 1. The predicted octanol–water partition coefficient (Wildman–Crippen LogP) is 0.142. The monoisotopic (exact) mass is 391 g/mol. The summed E-state index contributed by atoms with van der Waals surface area (Å²) in [5.41, 5.74) is 3.16. The topological polar surface area (TPSA) is 96.1 Å². The Morgan fingerprint density at radius 2 is 1.83 bits per heavy atom. The Balaban J connectivity index is 1.49. The van der Waals surface area contributed by atoms with Crippen LogP contribution in [0.25, 0.3) is 0 Å². The average molecular weight is 391 g/mol. The molecule has 0 spiro atoms. The van der Waals surface area contributed by atoms with Crippen LogP contribution in [0.5, 0.6) is 5.75 Å². The molecule has 8 heteroatoms. The third kappa shape index (κ3) is 3.86. The summed E-state index contributed by atoms with van der Waals surface area (Å²) in [5.74, 6) is 5.45. The van der Waals surface area contributed by atoms with E-state index in [4.69, 9.17) is 18.4 Å². The van der Waals surface area contributed by atoms with E-state index >= 15 is 0 Å². The summed E-state index contributed by atoms with van der Waals surface area (Å²) in [4.78, 5) is 27.3. The van der Waals surface area contributed by atoms with E-state index in [1.165, 1.54) is 18.2 Å². The van der Waals surface area contributed by atoms with E-state index in [-0.39, 0.29) is 23.3 Å². The van der Waals surface area contributed by atoms with Crippen molar-refractivity contribution >= 4 is 25.1 Å². The summed E-state index contributed by atoms with van der Waals surface area (Å²) in [6.45, 7) is 2.29. The Kier molecular flexibility index (Phi) is 5.30. The third-order valence-electron chi connectivity index (χ3n) is 5.54. The van der Waals surface area contributed by atoms with E-state index in [2.05, 4.69) is 0 Å². The van der Waals surface area contributed by atoms with Gasteiger partial charge in [-0.2, -0.15) is 0 Å². The van der Waals surface area contributed by atoms with Gasteiger partial charge in [0.2, 0.25) is 0 Å². The van der Waals surface area contributed by atoms with E-state index < -0.39 is 5.91 Å². The maximum atomic E-state index is 12.8. The van der Waals surface area contributed by atoms with Gasteiger partial charge in [0, 0.05) is 18.7 Å². The predicted molar refractivity (Wildman–Crippen MR) is 108 cm³/mol. The molecule has 1 aliphatic carbocycles. The van der Waals surface area contributed by atoms with Crippen molar-refractivity contribution in [3.05, 3.63) is 58.7 Å². The number of hydrogen-bond donors (Lipinski definition) is 2. The smallest absolute Gasteiger partial charge is 0.271 e. The third-order valence-corrected chi connectivity index (χ3v) is 5.54. The van der Waals surface area contributed by atoms with Crippen LogP contribution in [-0.4, -0.2) is 67.0 Å². The van der Waals surface area contributed by atoms with Crippen LogP contribution >= 0.6 is 0 Å². The number of aromatic hydroxyl groups is 1. The second-order valence-corrected chi connectivity index (χ2v) is 7.44. The van der Waals surface area contributed by atoms with E-state index in [1.54, 1.807) is 4.90 Å². The van der Waals surface area contributed by atoms with Crippen LogP contribution in [0.15, 0.2) is 36.4 Å². The molecule has 0 aromatic heterocycles. The standard InChI is InChI=1S/C21H22BN3O4/c22-16-3-4-19(26)18(12-16)21(28)25(23)17-10-13-1-2-14(9-15(13)11-17)20(27)24-5-7-29-8-6-24/h1-4,9,12,17,26H,5-8,10-11,23H2. The minimum absolute atomic E-state index is 0.00934. The number of nitrogens with zero attached hydrogens (tertiary/aromatic N) is 2. The molecule has 2 aromatic carbocycles. The molecular weight excluding hydrogens is 369 g/mol. The normalized spacial score (nSPS) is 18.4. The number of benzene rings is 2. The number of hydrazine groups is 1. The zero-order valence-corrected chi connectivity index (χ0v) is 16.0. The molecule has 148 valence electrons. The van der Waals surface area contributed by atoms with Crippen molar-refractivity contribution < 1.29 is 19.4 Å². The number of nitrogens with two attached hydrogens (primary N) is 1. The molecule has 1 unspecified atom stereocenters. The number of carbonyl (C=O) groups is 2. The van der Waals surface area contributed by atoms with Gasteiger partial charge in [0.25, 0.3) is 11.8 Å². The first kappa shape index (κ1) is 19.5. The fourth-order valence-electron chi connectivity index (χ4n) is 3.90. The maximum absolute atomic E-state index is 12.8. The lowest BCUT2D eigenvalue weighted by molar-refractivity contribution is 0.0303. The van der Waals surface area contributed by atoms with Crippen molar-refractivity contribution in [1.29, 1.82) is 0 Å². The number of rotatable bonds is 3. The fraction of sp³-hybridized carbons (Fsp3) is 0.333. The van der Waals surface area contributed by atoms with Crippen LogP contribution in [0, 0.1) is 0 Å². The van der Waals surface area contributed by atoms with Gasteiger partial charge in [-0.1, -0.05) is 23.7 Å². The Morgan fingerprint density at radius 3 is 2.59 bits per heavy atom. The number of phenolic OH excluding ortho intramolecular Hbond substituents is 1. The highest BCUT2D eigenvalue weighted by Crippen LogP contribution is 2.28. The molecule has 7 nitrogen and oxygen atoms in total. The van der Waals surface area contributed by atoms with E-state index in [9.17, 15) is 14.7 Å². The first-order valence-electron chi connectivity index (χ1n) is 9.59. The Bertz CT molecular complexity index is 959. The van der Waals surface area contributed by atoms with Crippen molar-refractivity contribution in [2.45, 2.75) is 18.9 Å². The Labute approximate surface area is 170 Å². The van der Waals surface area contributed by atoms with Gasteiger partial charge in [0.05, 0.1) is 24.8 Å². The molecule has 0 bridgehead atoms. The number of amides is 2. The number of hydrogen-bond acceptors (Lipinski definition) is 5. The first-order valence-corrected chi connectivity index (χ1v) is 9.59. The Morgan fingerprint density at radius 1 is 1.10 bits per heavy atom. The lowest BCUT2D eigenvalue weighted by Gasteiger charge is -2.27. The molecule has 1 heterocycles. The van der Waals surface area contributed by atoms with Crippen LogP contribution < -0.4 is 11.3 Å². The SMILES string of the molecule is [B]c1ccc(O)c(C(=O)N(N)C2Cc3ccc(C(=O)N4CCOCC4)cc3C2)c1. The van der Waals surface area contributed by atoms with Gasteiger partial charge in [0.15, 0.2) is 0 Å². The average Bonchev–Trinajstić information content (AvgIpc) is 3.18. The molecule has 1 fully saturated rings. The summed E-state index contributed by atoms with van der Waals surface area (Å²) in [7, 11) is 5.73. The Hall–Kier alpha value is -2.84. The number of fused-ring (bicyclic) bond motifs is 1. The van der Waals surface area contributed by atoms with Gasteiger partial charge < -0.3 is 14.7 Å². The molecular formula is C21H22BN3O4. The molecule has 2 radical (unpaired) electrons. The summed E-state index contributed by atoms with van der Waals surface area (Å²) < 4.78 is 5.30. The first-order chi connectivity index (χ1) is 13.9. The van der Waals surface area contributed by atoms with Crippen LogP contribution in [0.4, 0.5) is 0 Å². The molecule has 1 aliphatic heterocycles. The number of carbonyl (C=O) groups excluding carboxylic acids is 2. The molecule has 2 aliphatic rings. The van der Waals surface area contributed by atoms with Gasteiger partial charge in [-0.05, 0) is 42.2 Å². The van der Waals surface area contributed by atoms with Gasteiger partial charge in [-0.3, -0.25) is 14.6 Å². The van der Waals surface area contributed by atoms with Crippen molar-refractivity contribution in [2.75, 3.05) is 26.3 Å². The minimum Gasteiger partial charge on any atom is -0.507 e. The van der Waals surface area contributed by atoms with E-state index in [0.717, 1.165) is 16.1 Å². The van der Waals surface area contributed by atoms with E-state index in [0.29, 0.717) is 50.2 Å². The van der Waals surface area contributed by atoms with E-state index in [1.807, 2.05) is 18.2 Å². The quantitative estimate of drug-likeness (QED) is 0.336. The second-order valence-electron chi connectivity index (χ2n) is 7.44. The van der Waals surface area contributed by atoms with Gasteiger partial charge in [0.1, 0.15) is 13.6 Å². The van der Waals surface area contributed by atoms with Crippen molar-refractivity contribution in [2.24, 2.45) is 5.84 Å². The molecule has 3 N–H and O–H groups in total. The van der Waals surface area contributed by atoms with Gasteiger partial charge in [-0.15, -0.1) is 0 Å². The summed E-state index contributed by atoms with van der Waals surface area (Å²) in [6, 6.07) is 9.70. The van der Waals surface area contributed by atoms with Gasteiger partial charge in [-0.25, -0.2) is 5.84 Å². The summed E-state index contributed by atoms with van der Waals surface area (Å²) >= 11 is 0. The second kappa shape index (κ2) is 7.89. The highest BCUT2D eigenvalue weighted by Gasteiger charge is 2.31. The van der Waals surface area contributed by atoms with Crippen molar-refractivity contribution in [3.8, 4) is 5.75 Å². The lowest BCUT2D eigenvalue weighted by atomic mass is 9.93. The zero-order valence-electron chi connectivity index (χ0n) is 16.0. The van der Waals surface area contributed by atoms with Crippen molar-refractivity contribution in [3.63, 3.8) is 0 Å². The highest BCUT2D eigenvalue weighted by molar-refractivity contribution is 6.32. The summed E-state index contributed by atoms with van der Waals surface area (Å²) in [5, 5.41) is 11.1. The van der Waals surface area contributed by atoms with Crippen LogP contribution in [-0.2, 0) is 17.6 Å². The van der Waals surface area contributed by atoms with Gasteiger partial charge >= 0.3 is 0 Å². The molecule has 0 saturated carbocycles. The molecule has 1 atom stereocenters. The van der Waals surface area contributed by atoms with Crippen molar-refractivity contribution in [1.82, 2.24) is 9.91 Å². The summed E-state index contributed by atoms with van der Waals surface area (Å²) in [6.07, 6.45) is 1.14. The molecule has 2 amide bonds. The zero-order chi connectivity index (χ0) is 20.5. The van der Waals surface area contributed by atoms with Crippen LogP contribution in [0.1, 0.15) is 31.8 Å². The minimum atomic E-state index is -0.489. The largest absolute Gasteiger partial charge is 0.507 e. The fourth-order valence-corrected chi connectivity index (χ4v) is 3.90. The van der Waals surface area contributed by atoms with Crippen LogP contribution in [0.2, 0.25) is 0 Å². The molecule has 2 aromatic rings. The molecule has 4 rings (SSSR count). The maximum Gasteiger partial charge on any atom is 0.271 e. The lowest BCUT2D eigenvalue weighted by Crippen LogP contribution is -2.46. The molecule has 29 heavy (non-hydrogen) atoms. The van der Waals surface area contributed by atoms with Crippen LogP contribution in [0.3, 0.4) is 0 Å². The number of ether oxygens (including phenoxy) is 1. The number of morpholine rings is 1. The highest BCUT2D eigenvalue weighted by atomic mass is 16.5.